The van der Waals surface area contributed by atoms with Gasteiger partial charge in [-0.1, -0.05) is 24.3 Å². The highest BCUT2D eigenvalue weighted by Gasteiger charge is 2.10. The van der Waals surface area contributed by atoms with Gasteiger partial charge in [0.25, 0.3) is 0 Å². The van der Waals surface area contributed by atoms with Crippen LogP contribution in [0.3, 0.4) is 0 Å². The topological polar surface area (TPSA) is 81.1 Å². The Bertz CT molecular complexity index is 870. The molecule has 2 aromatic heterocycles. The maximum Gasteiger partial charge on any atom is 0.387 e. The zero-order valence-electron chi connectivity index (χ0n) is 14.2. The molecule has 0 saturated carbocycles. The van der Waals surface area contributed by atoms with E-state index < -0.39 is 12.6 Å². The average Bonchev–Trinajstić information content (AvgIpc) is 3.20. The van der Waals surface area contributed by atoms with E-state index in [9.17, 15) is 13.6 Å². The van der Waals surface area contributed by atoms with Crippen molar-refractivity contribution in [1.29, 1.82) is 0 Å². The number of ether oxygens (including phenoxy) is 1. The Morgan fingerprint density at radius 1 is 1.15 bits per heavy atom. The van der Waals surface area contributed by atoms with Gasteiger partial charge in [0.05, 0.1) is 0 Å². The molecule has 0 saturated heterocycles. The molecule has 3 rings (SSSR count). The lowest BCUT2D eigenvalue weighted by Crippen LogP contribution is -2.34. The quantitative estimate of drug-likeness (QED) is 0.667. The van der Waals surface area contributed by atoms with E-state index in [2.05, 4.69) is 25.3 Å². The van der Waals surface area contributed by atoms with Crippen molar-refractivity contribution in [2.24, 2.45) is 0 Å². The molecule has 2 heterocycles. The number of urea groups is 1. The number of para-hydroxylation sites is 1. The van der Waals surface area contributed by atoms with Gasteiger partial charge in [-0.25, -0.2) is 14.8 Å². The lowest BCUT2D eigenvalue weighted by molar-refractivity contribution is -0.0504. The van der Waals surface area contributed by atoms with Crippen LogP contribution in [-0.4, -0.2) is 27.2 Å². The Hall–Kier alpha value is -3.49. The van der Waals surface area contributed by atoms with Crippen LogP contribution in [0.4, 0.5) is 13.6 Å². The first kappa shape index (κ1) is 18.3. The third-order valence-corrected chi connectivity index (χ3v) is 3.66. The normalized spacial score (nSPS) is 10.6. The number of pyridine rings is 1. The largest absolute Gasteiger partial charge is 0.434 e. The number of imidazole rings is 1. The Morgan fingerprint density at radius 2 is 1.96 bits per heavy atom. The minimum absolute atomic E-state index is 0.0343. The zero-order chi connectivity index (χ0) is 19.1. The fourth-order valence-corrected chi connectivity index (χ4v) is 2.35. The summed E-state index contributed by atoms with van der Waals surface area (Å²) < 4.78 is 31.0. The van der Waals surface area contributed by atoms with Crippen molar-refractivity contribution in [3.05, 3.63) is 72.4 Å². The highest BCUT2D eigenvalue weighted by molar-refractivity contribution is 5.73. The van der Waals surface area contributed by atoms with Crippen LogP contribution in [0, 0.1) is 0 Å². The monoisotopic (exact) mass is 373 g/mol. The Kier molecular flexibility index (Phi) is 5.93. The summed E-state index contributed by atoms with van der Waals surface area (Å²) in [6.45, 7) is -2.58. The maximum absolute atomic E-state index is 12.4. The van der Waals surface area contributed by atoms with Gasteiger partial charge in [-0.2, -0.15) is 8.78 Å². The second-order valence-corrected chi connectivity index (χ2v) is 5.52. The average molecular weight is 373 g/mol. The van der Waals surface area contributed by atoms with E-state index in [0.717, 1.165) is 11.4 Å². The highest BCUT2D eigenvalue weighted by atomic mass is 19.3. The molecular formula is C18H17F2N5O2. The summed E-state index contributed by atoms with van der Waals surface area (Å²) in [5.74, 6) is 0.753. The minimum Gasteiger partial charge on any atom is -0.434 e. The molecule has 0 atom stereocenters. The van der Waals surface area contributed by atoms with Gasteiger partial charge >= 0.3 is 12.6 Å². The highest BCUT2D eigenvalue weighted by Crippen LogP contribution is 2.19. The second kappa shape index (κ2) is 8.75. The number of hydrogen-bond acceptors (Lipinski definition) is 4. The number of aromatic nitrogens is 3. The molecule has 0 bridgehead atoms. The van der Waals surface area contributed by atoms with E-state index in [1.165, 1.54) is 6.07 Å². The summed E-state index contributed by atoms with van der Waals surface area (Å²) in [7, 11) is 0. The molecule has 0 radical (unpaired) electrons. The molecule has 140 valence electrons. The first-order valence-electron chi connectivity index (χ1n) is 8.09. The number of hydrogen-bond donors (Lipinski definition) is 2. The third-order valence-electron chi connectivity index (χ3n) is 3.66. The summed E-state index contributed by atoms with van der Waals surface area (Å²) in [5, 5.41) is 5.29. The predicted octanol–water partition coefficient (Wildman–Crippen LogP) is 2.87. The van der Waals surface area contributed by atoms with E-state index >= 15 is 0 Å². The van der Waals surface area contributed by atoms with E-state index in [0.29, 0.717) is 5.56 Å². The van der Waals surface area contributed by atoms with Crippen molar-refractivity contribution in [3.63, 3.8) is 0 Å². The fourth-order valence-electron chi connectivity index (χ4n) is 2.35. The summed E-state index contributed by atoms with van der Waals surface area (Å²) in [6.07, 6.45) is 6.74. The first-order chi connectivity index (χ1) is 13.1. The van der Waals surface area contributed by atoms with E-state index in [1.54, 1.807) is 47.7 Å². The first-order valence-corrected chi connectivity index (χ1v) is 8.09. The van der Waals surface area contributed by atoms with Crippen molar-refractivity contribution >= 4 is 6.03 Å². The Balaban J connectivity index is 1.49. The number of rotatable bonds is 7. The smallest absolute Gasteiger partial charge is 0.387 e. The van der Waals surface area contributed by atoms with Gasteiger partial charge in [-0.3, -0.25) is 4.57 Å². The standard InChI is InChI=1S/C18H17F2N5O2/c19-17(20)27-15-4-2-1-3-14(15)11-24-18(26)23-10-13-5-6-16(22-9-13)25-8-7-21-12-25/h1-9,12,17H,10-11H2,(H2,23,24,26). The second-order valence-electron chi connectivity index (χ2n) is 5.52. The predicted molar refractivity (Wildman–Crippen MR) is 93.5 cm³/mol. The molecule has 27 heavy (non-hydrogen) atoms. The van der Waals surface area contributed by atoms with Crippen LogP contribution in [0.15, 0.2) is 61.3 Å². The minimum atomic E-state index is -2.92. The SMILES string of the molecule is O=C(NCc1ccc(-n2ccnc2)nc1)NCc1ccccc1OC(F)F. The molecule has 0 aliphatic rings. The van der Waals surface area contributed by atoms with Crippen molar-refractivity contribution in [2.45, 2.75) is 19.7 Å². The molecule has 0 spiro atoms. The molecule has 0 aliphatic carbocycles. The molecule has 3 aromatic rings. The number of amides is 2. The maximum atomic E-state index is 12.4. The van der Waals surface area contributed by atoms with Crippen LogP contribution in [0.2, 0.25) is 0 Å². The van der Waals surface area contributed by atoms with Crippen LogP contribution in [0.25, 0.3) is 5.82 Å². The van der Waals surface area contributed by atoms with Crippen molar-refractivity contribution in [1.82, 2.24) is 25.2 Å². The number of carbonyl (C=O) groups is 1. The van der Waals surface area contributed by atoms with Crippen LogP contribution >= 0.6 is 0 Å². The van der Waals surface area contributed by atoms with Crippen molar-refractivity contribution in [3.8, 4) is 11.6 Å². The van der Waals surface area contributed by atoms with Gasteiger partial charge < -0.3 is 15.4 Å². The fraction of sp³-hybridized carbons (Fsp3) is 0.167. The number of alkyl halides is 2. The van der Waals surface area contributed by atoms with Gasteiger partial charge in [0.15, 0.2) is 0 Å². The van der Waals surface area contributed by atoms with E-state index in [-0.39, 0.29) is 18.8 Å². The Morgan fingerprint density at radius 3 is 2.67 bits per heavy atom. The molecule has 0 aliphatic heterocycles. The molecule has 0 unspecified atom stereocenters. The Labute approximate surface area is 154 Å². The molecule has 2 N–H and O–H groups in total. The summed E-state index contributed by atoms with van der Waals surface area (Å²) in [6, 6.07) is 9.53. The lowest BCUT2D eigenvalue weighted by Gasteiger charge is -2.12. The van der Waals surface area contributed by atoms with E-state index in [4.69, 9.17) is 0 Å². The molecule has 7 nitrogen and oxygen atoms in total. The van der Waals surface area contributed by atoms with Gasteiger partial charge in [0.1, 0.15) is 17.9 Å². The molecule has 9 heteroatoms. The van der Waals surface area contributed by atoms with Crippen LogP contribution < -0.4 is 15.4 Å². The van der Waals surface area contributed by atoms with E-state index in [1.807, 2.05) is 12.1 Å². The van der Waals surface area contributed by atoms with Gasteiger partial charge in [0.2, 0.25) is 0 Å². The lowest BCUT2D eigenvalue weighted by atomic mass is 10.2. The van der Waals surface area contributed by atoms with Gasteiger partial charge in [-0.15, -0.1) is 0 Å². The molecule has 0 fully saturated rings. The number of nitrogens with zero attached hydrogens (tertiary/aromatic N) is 3. The molecular weight excluding hydrogens is 356 g/mol. The number of halogens is 2. The van der Waals surface area contributed by atoms with Crippen LogP contribution in [0.1, 0.15) is 11.1 Å². The third kappa shape index (κ3) is 5.24. The van der Waals surface area contributed by atoms with Gasteiger partial charge in [-0.05, 0) is 17.7 Å². The number of benzene rings is 1. The summed E-state index contributed by atoms with van der Waals surface area (Å²) in [4.78, 5) is 20.2. The van der Waals surface area contributed by atoms with Crippen LogP contribution in [0.5, 0.6) is 5.75 Å². The molecule has 1 aromatic carbocycles. The van der Waals surface area contributed by atoms with Crippen LogP contribution in [-0.2, 0) is 13.1 Å². The zero-order valence-corrected chi connectivity index (χ0v) is 14.2. The van der Waals surface area contributed by atoms with Crippen molar-refractivity contribution in [2.75, 3.05) is 0 Å². The summed E-state index contributed by atoms with van der Waals surface area (Å²) >= 11 is 0. The van der Waals surface area contributed by atoms with Gasteiger partial charge in [0, 0.05) is 37.2 Å². The number of carbonyl (C=O) groups excluding carboxylic acids is 1. The summed E-state index contributed by atoms with van der Waals surface area (Å²) in [5.41, 5.74) is 1.27. The number of nitrogens with one attached hydrogen (secondary N) is 2. The van der Waals surface area contributed by atoms with Crippen molar-refractivity contribution < 1.29 is 18.3 Å². The molecule has 2 amide bonds.